The summed E-state index contributed by atoms with van der Waals surface area (Å²) in [4.78, 5) is 0. The number of rotatable bonds is 0. The molecule has 0 saturated heterocycles. The van der Waals surface area contributed by atoms with E-state index < -0.39 is 0 Å². The zero-order valence-corrected chi connectivity index (χ0v) is 6.92. The van der Waals surface area contributed by atoms with Crippen molar-refractivity contribution < 1.29 is 4.74 Å². The van der Waals surface area contributed by atoms with Crippen molar-refractivity contribution in [1.82, 2.24) is 0 Å². The zero-order chi connectivity index (χ0) is 7.84. The first kappa shape index (κ1) is 6.86. The molecule has 1 nitrogen and oxygen atoms in total. The highest BCUT2D eigenvalue weighted by Gasteiger charge is 2.19. The zero-order valence-electron chi connectivity index (χ0n) is 6.92. The maximum Gasteiger partial charge on any atom is 0.0805 e. The number of benzene rings is 1. The Bertz CT molecular complexity index is 278. The highest BCUT2D eigenvalue weighted by Crippen LogP contribution is 2.31. The summed E-state index contributed by atoms with van der Waals surface area (Å²) >= 11 is 0. The largest absolute Gasteiger partial charge is 0.369 e. The van der Waals surface area contributed by atoms with Crippen LogP contribution in [-0.4, -0.2) is 0 Å². The predicted octanol–water partition coefficient (Wildman–Crippen LogP) is 2.59. The average Bonchev–Trinajstić information content (AvgIpc) is 2.35. The molecule has 1 aromatic rings. The van der Waals surface area contributed by atoms with E-state index in [2.05, 4.69) is 32.0 Å². The van der Waals surface area contributed by atoms with E-state index in [4.69, 9.17) is 4.74 Å². The van der Waals surface area contributed by atoms with E-state index in [-0.39, 0.29) is 0 Å². The van der Waals surface area contributed by atoms with Gasteiger partial charge in [0.25, 0.3) is 0 Å². The van der Waals surface area contributed by atoms with Gasteiger partial charge in [-0.1, -0.05) is 18.2 Å². The molecule has 1 aliphatic rings. The topological polar surface area (TPSA) is 9.23 Å². The van der Waals surface area contributed by atoms with Crippen LogP contribution in [0.25, 0.3) is 0 Å². The van der Waals surface area contributed by atoms with E-state index in [1.807, 2.05) is 0 Å². The average molecular weight is 148 g/mol. The van der Waals surface area contributed by atoms with Gasteiger partial charge >= 0.3 is 0 Å². The minimum absolute atomic E-state index is 0.296. The van der Waals surface area contributed by atoms with Crippen molar-refractivity contribution in [2.75, 3.05) is 0 Å². The lowest BCUT2D eigenvalue weighted by Gasteiger charge is -2.02. The first-order valence-corrected chi connectivity index (χ1v) is 3.99. The molecule has 0 N–H and O–H groups in total. The van der Waals surface area contributed by atoms with Crippen molar-refractivity contribution in [3.63, 3.8) is 0 Å². The van der Waals surface area contributed by atoms with Crippen LogP contribution < -0.4 is 0 Å². The Morgan fingerprint density at radius 3 is 3.00 bits per heavy atom. The van der Waals surface area contributed by atoms with Gasteiger partial charge in [0, 0.05) is 0 Å². The normalized spacial score (nSPS) is 21.8. The molecular weight excluding hydrogens is 136 g/mol. The fraction of sp³-hybridized carbons (Fsp3) is 0.400. The Labute approximate surface area is 67.0 Å². The quantitative estimate of drug-likeness (QED) is 0.549. The van der Waals surface area contributed by atoms with Gasteiger partial charge in [0.1, 0.15) is 0 Å². The van der Waals surface area contributed by atoms with Crippen molar-refractivity contribution in [2.24, 2.45) is 0 Å². The molecule has 1 heterocycles. The molecular formula is C10H12O. The lowest BCUT2D eigenvalue weighted by Crippen LogP contribution is -1.88. The smallest absolute Gasteiger partial charge is 0.0805 e. The summed E-state index contributed by atoms with van der Waals surface area (Å²) in [5.74, 6) is 0. The highest BCUT2D eigenvalue weighted by molar-refractivity contribution is 5.37. The lowest BCUT2D eigenvalue weighted by atomic mass is 10.0. The van der Waals surface area contributed by atoms with Crippen LogP contribution in [0.4, 0.5) is 0 Å². The summed E-state index contributed by atoms with van der Waals surface area (Å²) in [5, 5.41) is 0. The predicted molar refractivity (Wildman–Crippen MR) is 44.4 cm³/mol. The van der Waals surface area contributed by atoms with E-state index in [9.17, 15) is 0 Å². The van der Waals surface area contributed by atoms with Crippen LogP contribution in [0, 0.1) is 6.92 Å². The van der Waals surface area contributed by atoms with Crippen LogP contribution in [0.3, 0.4) is 0 Å². The van der Waals surface area contributed by atoms with Crippen LogP contribution in [0.5, 0.6) is 0 Å². The minimum Gasteiger partial charge on any atom is -0.369 e. The Morgan fingerprint density at radius 1 is 1.45 bits per heavy atom. The number of hydrogen-bond acceptors (Lipinski definition) is 1. The van der Waals surface area contributed by atoms with Gasteiger partial charge in [0.15, 0.2) is 0 Å². The van der Waals surface area contributed by atoms with E-state index in [0.29, 0.717) is 6.10 Å². The van der Waals surface area contributed by atoms with Crippen molar-refractivity contribution in [3.8, 4) is 0 Å². The fourth-order valence-electron chi connectivity index (χ4n) is 1.60. The molecule has 58 valence electrons. The molecule has 11 heavy (non-hydrogen) atoms. The van der Waals surface area contributed by atoms with Crippen molar-refractivity contribution in [1.29, 1.82) is 0 Å². The molecule has 1 atom stereocenters. The third-order valence-electron chi connectivity index (χ3n) is 2.36. The summed E-state index contributed by atoms with van der Waals surface area (Å²) in [5.41, 5.74) is 4.11. The van der Waals surface area contributed by atoms with Gasteiger partial charge in [-0.05, 0) is 30.5 Å². The van der Waals surface area contributed by atoms with Crippen LogP contribution in [0.1, 0.15) is 29.7 Å². The van der Waals surface area contributed by atoms with Gasteiger partial charge in [0.05, 0.1) is 12.7 Å². The molecule has 0 aromatic heterocycles. The first-order chi connectivity index (χ1) is 5.29. The van der Waals surface area contributed by atoms with E-state index in [1.54, 1.807) is 0 Å². The number of fused-ring (bicyclic) bond motifs is 1. The molecule has 0 saturated carbocycles. The molecule has 0 radical (unpaired) electrons. The molecule has 0 spiro atoms. The monoisotopic (exact) mass is 148 g/mol. The number of ether oxygens (including phenoxy) is 1. The van der Waals surface area contributed by atoms with Crippen LogP contribution in [0.2, 0.25) is 0 Å². The minimum atomic E-state index is 0.296. The van der Waals surface area contributed by atoms with Gasteiger partial charge in [-0.2, -0.15) is 0 Å². The van der Waals surface area contributed by atoms with Gasteiger partial charge in [-0.15, -0.1) is 0 Å². The lowest BCUT2D eigenvalue weighted by molar-refractivity contribution is 0.0795. The maximum absolute atomic E-state index is 5.50. The van der Waals surface area contributed by atoms with Gasteiger partial charge in [-0.25, -0.2) is 0 Å². The number of hydrogen-bond donors (Lipinski definition) is 0. The van der Waals surface area contributed by atoms with E-state index in [1.165, 1.54) is 16.7 Å². The molecule has 0 unspecified atom stereocenters. The first-order valence-electron chi connectivity index (χ1n) is 3.99. The standard InChI is InChI=1S/C10H12O/c1-7-4-3-5-9-8(2)11-6-10(7)9/h3-5,8H,6H2,1-2H3/t8-/m0/s1. The second kappa shape index (κ2) is 2.35. The van der Waals surface area contributed by atoms with Crippen LogP contribution in [-0.2, 0) is 11.3 Å². The summed E-state index contributed by atoms with van der Waals surface area (Å²) < 4.78 is 5.50. The molecule has 1 aliphatic heterocycles. The summed E-state index contributed by atoms with van der Waals surface area (Å²) in [6.45, 7) is 5.04. The second-order valence-electron chi connectivity index (χ2n) is 3.10. The maximum atomic E-state index is 5.50. The second-order valence-corrected chi connectivity index (χ2v) is 3.10. The Balaban J connectivity index is 2.57. The molecule has 0 fully saturated rings. The van der Waals surface area contributed by atoms with Crippen molar-refractivity contribution in [3.05, 3.63) is 34.9 Å². The van der Waals surface area contributed by atoms with Crippen molar-refractivity contribution in [2.45, 2.75) is 26.6 Å². The molecule has 0 bridgehead atoms. The molecule has 1 aromatic carbocycles. The SMILES string of the molecule is Cc1cccc2c1CO[C@H]2C. The molecule has 0 aliphatic carbocycles. The fourth-order valence-corrected chi connectivity index (χ4v) is 1.60. The number of aryl methyl sites for hydroxylation is 1. The highest BCUT2D eigenvalue weighted by atomic mass is 16.5. The Kier molecular flexibility index (Phi) is 1.46. The third-order valence-corrected chi connectivity index (χ3v) is 2.36. The van der Waals surface area contributed by atoms with Crippen molar-refractivity contribution >= 4 is 0 Å². The molecule has 2 rings (SSSR count). The van der Waals surface area contributed by atoms with Gasteiger partial charge in [0.2, 0.25) is 0 Å². The van der Waals surface area contributed by atoms with Crippen LogP contribution in [0.15, 0.2) is 18.2 Å². The van der Waals surface area contributed by atoms with E-state index >= 15 is 0 Å². The Hall–Kier alpha value is -0.820. The van der Waals surface area contributed by atoms with Gasteiger partial charge in [-0.3, -0.25) is 0 Å². The Morgan fingerprint density at radius 2 is 2.27 bits per heavy atom. The molecule has 0 amide bonds. The summed E-state index contributed by atoms with van der Waals surface area (Å²) in [6, 6.07) is 6.39. The summed E-state index contributed by atoms with van der Waals surface area (Å²) in [7, 11) is 0. The van der Waals surface area contributed by atoms with E-state index in [0.717, 1.165) is 6.61 Å². The van der Waals surface area contributed by atoms with Crippen LogP contribution >= 0.6 is 0 Å². The molecule has 1 heteroatoms. The summed E-state index contributed by atoms with van der Waals surface area (Å²) in [6.07, 6.45) is 0.296. The third kappa shape index (κ3) is 0.962. The van der Waals surface area contributed by atoms with Gasteiger partial charge < -0.3 is 4.74 Å².